The van der Waals surface area contributed by atoms with Crippen molar-refractivity contribution in [2.24, 2.45) is 4.99 Å². The van der Waals surface area contributed by atoms with E-state index in [9.17, 15) is 14.4 Å². The standard InChI is InChI=1S/C13H10ClN3O3S/c14-8-3-1-7(2-4-8)10(18)15-9-11(19)16-13-17(12(9)20)5-6-21-13/h1-4,9H,5-6H2,(H,15,18). The molecule has 1 unspecified atom stereocenters. The molecule has 8 heteroatoms. The molecule has 2 heterocycles. The number of nitrogens with zero attached hydrogens (tertiary/aromatic N) is 2. The monoisotopic (exact) mass is 323 g/mol. The average molecular weight is 324 g/mol. The Hall–Kier alpha value is -1.86. The first-order chi connectivity index (χ1) is 10.1. The molecule has 0 bridgehead atoms. The number of fused-ring (bicyclic) bond motifs is 1. The Morgan fingerprint density at radius 3 is 2.76 bits per heavy atom. The van der Waals surface area contributed by atoms with Gasteiger partial charge in [-0.2, -0.15) is 4.99 Å². The first-order valence-electron chi connectivity index (χ1n) is 6.19. The summed E-state index contributed by atoms with van der Waals surface area (Å²) in [7, 11) is 0. The van der Waals surface area contributed by atoms with E-state index >= 15 is 0 Å². The third-order valence-corrected chi connectivity index (χ3v) is 4.33. The van der Waals surface area contributed by atoms with Crippen molar-refractivity contribution in [2.45, 2.75) is 6.04 Å². The van der Waals surface area contributed by atoms with Crippen LogP contribution < -0.4 is 5.32 Å². The van der Waals surface area contributed by atoms with E-state index in [0.717, 1.165) is 0 Å². The number of carbonyl (C=O) groups is 3. The molecule has 3 rings (SSSR count). The number of benzene rings is 1. The van der Waals surface area contributed by atoms with Gasteiger partial charge in [0.25, 0.3) is 17.7 Å². The van der Waals surface area contributed by atoms with Crippen LogP contribution in [0, 0.1) is 0 Å². The highest BCUT2D eigenvalue weighted by atomic mass is 35.5. The van der Waals surface area contributed by atoms with Crippen LogP contribution in [0.15, 0.2) is 29.3 Å². The smallest absolute Gasteiger partial charge is 0.280 e. The minimum absolute atomic E-state index is 0.325. The zero-order valence-corrected chi connectivity index (χ0v) is 12.3. The van der Waals surface area contributed by atoms with Gasteiger partial charge in [0.15, 0.2) is 11.2 Å². The first kappa shape index (κ1) is 14.1. The van der Waals surface area contributed by atoms with Crippen molar-refractivity contribution < 1.29 is 14.4 Å². The van der Waals surface area contributed by atoms with Crippen molar-refractivity contribution in [1.29, 1.82) is 0 Å². The minimum Gasteiger partial charge on any atom is -0.332 e. The van der Waals surface area contributed by atoms with Crippen molar-refractivity contribution in [2.75, 3.05) is 12.3 Å². The molecular weight excluding hydrogens is 314 g/mol. The highest BCUT2D eigenvalue weighted by Gasteiger charge is 2.41. The summed E-state index contributed by atoms with van der Waals surface area (Å²) in [6.07, 6.45) is 0. The molecule has 1 fully saturated rings. The summed E-state index contributed by atoms with van der Waals surface area (Å²) in [5.74, 6) is -0.875. The lowest BCUT2D eigenvalue weighted by Crippen LogP contribution is -2.55. The van der Waals surface area contributed by atoms with Gasteiger partial charge in [-0.15, -0.1) is 0 Å². The zero-order chi connectivity index (χ0) is 15.0. The van der Waals surface area contributed by atoms with E-state index in [1.165, 1.54) is 28.8 Å². The average Bonchev–Trinajstić information content (AvgIpc) is 2.92. The number of rotatable bonds is 2. The van der Waals surface area contributed by atoms with Crippen LogP contribution in [0.25, 0.3) is 0 Å². The van der Waals surface area contributed by atoms with Gasteiger partial charge in [0, 0.05) is 22.9 Å². The predicted octanol–water partition coefficient (Wildman–Crippen LogP) is 0.910. The van der Waals surface area contributed by atoms with Gasteiger partial charge in [0.1, 0.15) is 0 Å². The van der Waals surface area contributed by atoms with Gasteiger partial charge in [-0.25, -0.2) is 0 Å². The molecule has 0 saturated carbocycles. The normalized spacial score (nSPS) is 21.1. The molecule has 21 heavy (non-hydrogen) atoms. The molecule has 108 valence electrons. The van der Waals surface area contributed by atoms with E-state index in [1.54, 1.807) is 12.1 Å². The molecule has 1 aromatic carbocycles. The second-order valence-corrected chi connectivity index (χ2v) is 5.98. The summed E-state index contributed by atoms with van der Waals surface area (Å²) in [4.78, 5) is 41.5. The molecule has 1 N–H and O–H groups in total. The van der Waals surface area contributed by atoms with Crippen LogP contribution in [0.2, 0.25) is 5.02 Å². The molecule has 0 spiro atoms. The van der Waals surface area contributed by atoms with Crippen molar-refractivity contribution >= 4 is 46.3 Å². The van der Waals surface area contributed by atoms with Crippen LogP contribution in [0.3, 0.4) is 0 Å². The SMILES string of the molecule is O=C(NC1C(=O)N=C2SCCN2C1=O)c1ccc(Cl)cc1. The van der Waals surface area contributed by atoms with Gasteiger partial charge in [-0.1, -0.05) is 23.4 Å². The van der Waals surface area contributed by atoms with Crippen LogP contribution >= 0.6 is 23.4 Å². The Balaban J connectivity index is 1.78. The lowest BCUT2D eigenvalue weighted by molar-refractivity contribution is -0.135. The molecule has 1 saturated heterocycles. The highest BCUT2D eigenvalue weighted by Crippen LogP contribution is 2.23. The van der Waals surface area contributed by atoms with E-state index in [4.69, 9.17) is 11.6 Å². The number of nitrogens with one attached hydrogen (secondary N) is 1. The van der Waals surface area contributed by atoms with Gasteiger partial charge in [0.05, 0.1) is 0 Å². The van der Waals surface area contributed by atoms with E-state index in [-0.39, 0.29) is 0 Å². The maximum Gasteiger partial charge on any atom is 0.280 e. The van der Waals surface area contributed by atoms with Gasteiger partial charge >= 0.3 is 0 Å². The summed E-state index contributed by atoms with van der Waals surface area (Å²) in [6, 6.07) is 4.92. The third-order valence-electron chi connectivity index (χ3n) is 3.12. The number of halogens is 1. The van der Waals surface area contributed by atoms with Gasteiger partial charge in [0.2, 0.25) is 0 Å². The fourth-order valence-corrected chi connectivity index (χ4v) is 3.13. The van der Waals surface area contributed by atoms with E-state index in [1.807, 2.05) is 0 Å². The van der Waals surface area contributed by atoms with Crippen molar-refractivity contribution in [3.8, 4) is 0 Å². The van der Waals surface area contributed by atoms with Crippen LogP contribution in [-0.4, -0.2) is 46.1 Å². The lowest BCUT2D eigenvalue weighted by atomic mass is 10.1. The highest BCUT2D eigenvalue weighted by molar-refractivity contribution is 8.14. The Morgan fingerprint density at radius 2 is 2.05 bits per heavy atom. The first-order valence-corrected chi connectivity index (χ1v) is 7.56. The molecular formula is C13H10ClN3O3S. The lowest BCUT2D eigenvalue weighted by Gasteiger charge is -2.25. The van der Waals surface area contributed by atoms with Gasteiger partial charge in [-0.3, -0.25) is 19.3 Å². The van der Waals surface area contributed by atoms with Crippen LogP contribution in [-0.2, 0) is 9.59 Å². The molecule has 6 nitrogen and oxygen atoms in total. The Morgan fingerprint density at radius 1 is 1.33 bits per heavy atom. The van der Waals surface area contributed by atoms with Gasteiger partial charge < -0.3 is 5.32 Å². The summed E-state index contributed by atoms with van der Waals surface area (Å²) in [5, 5.41) is 3.35. The Bertz CT molecular complexity index is 659. The largest absolute Gasteiger partial charge is 0.332 e. The molecule has 3 amide bonds. The fraction of sp³-hybridized carbons (Fsp3) is 0.231. The second-order valence-electron chi connectivity index (χ2n) is 4.48. The van der Waals surface area contributed by atoms with Gasteiger partial charge in [-0.05, 0) is 24.3 Å². The van der Waals surface area contributed by atoms with E-state index in [2.05, 4.69) is 10.3 Å². The molecule has 0 aromatic heterocycles. The summed E-state index contributed by atoms with van der Waals surface area (Å²) >= 11 is 7.11. The van der Waals surface area contributed by atoms with Crippen LogP contribution in [0.5, 0.6) is 0 Å². The van der Waals surface area contributed by atoms with Crippen LogP contribution in [0.1, 0.15) is 10.4 Å². The quantitative estimate of drug-likeness (QED) is 0.821. The maximum atomic E-state index is 12.2. The number of hydrogen-bond donors (Lipinski definition) is 1. The fourth-order valence-electron chi connectivity index (χ4n) is 2.06. The Labute approximate surface area is 129 Å². The summed E-state index contributed by atoms with van der Waals surface area (Å²) in [6.45, 7) is 0.503. The maximum absolute atomic E-state index is 12.2. The molecule has 1 aromatic rings. The van der Waals surface area contributed by atoms with Crippen LogP contribution in [0.4, 0.5) is 0 Å². The summed E-state index contributed by atoms with van der Waals surface area (Å²) < 4.78 is 0. The third kappa shape index (κ3) is 2.66. The van der Waals surface area contributed by atoms with Crippen molar-refractivity contribution in [3.05, 3.63) is 34.9 Å². The minimum atomic E-state index is -1.25. The molecule has 1 atom stereocenters. The predicted molar refractivity (Wildman–Crippen MR) is 79.3 cm³/mol. The number of aliphatic imine (C=N–C) groups is 1. The molecule has 2 aliphatic heterocycles. The van der Waals surface area contributed by atoms with Crippen molar-refractivity contribution in [3.63, 3.8) is 0 Å². The van der Waals surface area contributed by atoms with E-state index < -0.39 is 23.8 Å². The Kier molecular flexibility index (Phi) is 3.69. The topological polar surface area (TPSA) is 78.8 Å². The van der Waals surface area contributed by atoms with E-state index in [0.29, 0.717) is 28.1 Å². The summed E-state index contributed by atoms with van der Waals surface area (Å²) in [5.41, 5.74) is 0.325. The molecule has 0 radical (unpaired) electrons. The number of hydrogen-bond acceptors (Lipinski definition) is 4. The van der Waals surface area contributed by atoms with Crippen molar-refractivity contribution in [1.82, 2.24) is 10.2 Å². The number of carbonyl (C=O) groups excluding carboxylic acids is 3. The second kappa shape index (κ2) is 5.50. The number of amides is 3. The number of thioether (sulfide) groups is 1. The number of amidine groups is 1. The molecule has 0 aliphatic carbocycles. The molecule has 2 aliphatic rings. The zero-order valence-electron chi connectivity index (χ0n) is 10.7.